The molecule has 0 aliphatic heterocycles. The molecule has 0 unspecified atom stereocenters. The molecule has 0 radical (unpaired) electrons. The Morgan fingerprint density at radius 3 is 2.74 bits per heavy atom. The van der Waals surface area contributed by atoms with Gasteiger partial charge in [0.25, 0.3) is 10.0 Å². The molecule has 102 valence electrons. The van der Waals surface area contributed by atoms with Gasteiger partial charge in [-0.05, 0) is 18.1 Å². The minimum absolute atomic E-state index is 0.195. The van der Waals surface area contributed by atoms with E-state index >= 15 is 0 Å². The first-order valence-electron chi connectivity index (χ1n) is 5.49. The molecule has 0 amide bonds. The van der Waals surface area contributed by atoms with E-state index in [2.05, 4.69) is 14.7 Å². The van der Waals surface area contributed by atoms with Gasteiger partial charge in [-0.3, -0.25) is 4.72 Å². The van der Waals surface area contributed by atoms with E-state index in [9.17, 15) is 12.8 Å². The van der Waals surface area contributed by atoms with Crippen LogP contribution in [0.25, 0.3) is 0 Å². The van der Waals surface area contributed by atoms with Crippen LogP contribution in [0.4, 0.5) is 9.52 Å². The molecule has 1 N–H and O–H groups in total. The third-order valence-electron chi connectivity index (χ3n) is 2.31. The van der Waals surface area contributed by atoms with Crippen LogP contribution < -0.4 is 4.72 Å². The number of rotatable bonds is 4. The van der Waals surface area contributed by atoms with Crippen LogP contribution in [-0.4, -0.2) is 18.4 Å². The summed E-state index contributed by atoms with van der Waals surface area (Å²) in [6, 6.07) is 2.37. The van der Waals surface area contributed by atoms with E-state index in [1.165, 1.54) is 12.3 Å². The number of nitrogens with zero attached hydrogens (tertiary/aromatic N) is 2. The Bertz CT molecular complexity index is 683. The van der Waals surface area contributed by atoms with Gasteiger partial charge in [-0.2, -0.15) is 8.42 Å². The summed E-state index contributed by atoms with van der Waals surface area (Å²) in [5.41, 5.74) is 0.782. The molecule has 0 saturated heterocycles. The Balaban J connectivity index is 2.29. The molecular formula is C11H12FN3O2S2. The number of hydrogen-bond acceptors (Lipinski definition) is 5. The molecular weight excluding hydrogens is 289 g/mol. The van der Waals surface area contributed by atoms with E-state index in [1.54, 1.807) is 5.38 Å². The molecule has 8 heteroatoms. The van der Waals surface area contributed by atoms with Crippen molar-refractivity contribution in [2.45, 2.75) is 24.8 Å². The van der Waals surface area contributed by atoms with Crippen molar-refractivity contribution in [2.24, 2.45) is 0 Å². The first-order chi connectivity index (χ1) is 8.90. The molecule has 2 heterocycles. The summed E-state index contributed by atoms with van der Waals surface area (Å²) in [5.74, 6) is -0.697. The van der Waals surface area contributed by atoms with Crippen LogP contribution in [0.3, 0.4) is 0 Å². The van der Waals surface area contributed by atoms with E-state index < -0.39 is 20.9 Å². The fourth-order valence-corrected chi connectivity index (χ4v) is 3.46. The number of halogens is 1. The smallest absolute Gasteiger partial charge is 0.253 e. The van der Waals surface area contributed by atoms with Crippen molar-refractivity contribution < 1.29 is 12.8 Å². The number of thiazole rings is 1. The topological polar surface area (TPSA) is 72.0 Å². The lowest BCUT2D eigenvalue weighted by Gasteiger charge is -2.04. The summed E-state index contributed by atoms with van der Waals surface area (Å²) in [6.07, 6.45) is 1.22. The van der Waals surface area contributed by atoms with E-state index in [4.69, 9.17) is 0 Å². The predicted octanol–water partition coefficient (Wildman–Crippen LogP) is 2.60. The number of pyridine rings is 1. The number of aromatic nitrogens is 2. The molecule has 0 spiro atoms. The highest BCUT2D eigenvalue weighted by atomic mass is 32.2. The minimum atomic E-state index is -4.04. The van der Waals surface area contributed by atoms with Crippen LogP contribution in [0, 0.1) is 5.82 Å². The fourth-order valence-electron chi connectivity index (χ4n) is 1.33. The van der Waals surface area contributed by atoms with Crippen molar-refractivity contribution >= 4 is 26.5 Å². The quantitative estimate of drug-likeness (QED) is 0.942. The zero-order valence-electron chi connectivity index (χ0n) is 10.3. The molecule has 0 atom stereocenters. The van der Waals surface area contributed by atoms with Gasteiger partial charge in [-0.1, -0.05) is 13.8 Å². The summed E-state index contributed by atoms with van der Waals surface area (Å²) in [4.78, 5) is 7.67. The number of anilines is 1. The first kappa shape index (κ1) is 13.9. The maximum absolute atomic E-state index is 13.4. The van der Waals surface area contributed by atoms with Crippen LogP contribution >= 0.6 is 11.3 Å². The molecule has 2 rings (SSSR count). The van der Waals surface area contributed by atoms with Crippen LogP contribution in [-0.2, 0) is 10.0 Å². The van der Waals surface area contributed by atoms with Gasteiger partial charge in [-0.15, -0.1) is 11.3 Å². The van der Waals surface area contributed by atoms with E-state index in [0.29, 0.717) is 0 Å². The summed E-state index contributed by atoms with van der Waals surface area (Å²) < 4.78 is 39.6. The molecule has 0 fully saturated rings. The summed E-state index contributed by atoms with van der Waals surface area (Å²) in [6.45, 7) is 3.90. The van der Waals surface area contributed by atoms with Crippen molar-refractivity contribution in [1.82, 2.24) is 9.97 Å². The predicted molar refractivity (Wildman–Crippen MR) is 71.2 cm³/mol. The average molecular weight is 301 g/mol. The Hall–Kier alpha value is -1.54. The molecule has 19 heavy (non-hydrogen) atoms. The molecule has 0 aliphatic carbocycles. The monoisotopic (exact) mass is 301 g/mol. The largest absolute Gasteiger partial charge is 0.284 e. The first-order valence-corrected chi connectivity index (χ1v) is 7.85. The molecule has 0 aromatic carbocycles. The molecule has 0 bridgehead atoms. The van der Waals surface area contributed by atoms with Gasteiger partial charge < -0.3 is 0 Å². The van der Waals surface area contributed by atoms with Gasteiger partial charge in [0.2, 0.25) is 5.03 Å². The minimum Gasteiger partial charge on any atom is -0.253 e. The SMILES string of the molecule is CC(C)c1csc(NS(=O)(=O)c2ncccc2F)n1. The van der Waals surface area contributed by atoms with Crippen molar-refractivity contribution in [1.29, 1.82) is 0 Å². The molecule has 2 aromatic rings. The van der Waals surface area contributed by atoms with Gasteiger partial charge in [0, 0.05) is 11.6 Å². The van der Waals surface area contributed by atoms with Gasteiger partial charge in [-0.25, -0.2) is 14.4 Å². The highest BCUT2D eigenvalue weighted by molar-refractivity contribution is 7.92. The summed E-state index contributed by atoms with van der Waals surface area (Å²) in [5, 5.41) is 1.34. The van der Waals surface area contributed by atoms with Gasteiger partial charge in [0.15, 0.2) is 10.9 Å². The second kappa shape index (κ2) is 5.22. The summed E-state index contributed by atoms with van der Waals surface area (Å²) in [7, 11) is -4.04. The highest BCUT2D eigenvalue weighted by Gasteiger charge is 2.22. The van der Waals surface area contributed by atoms with Gasteiger partial charge in [0.1, 0.15) is 0 Å². The van der Waals surface area contributed by atoms with Crippen LogP contribution in [0.15, 0.2) is 28.7 Å². The number of sulfonamides is 1. The lowest BCUT2D eigenvalue weighted by atomic mass is 10.2. The van der Waals surface area contributed by atoms with Gasteiger partial charge >= 0.3 is 0 Å². The van der Waals surface area contributed by atoms with E-state index in [-0.39, 0.29) is 11.0 Å². The van der Waals surface area contributed by atoms with Gasteiger partial charge in [0.05, 0.1) is 5.69 Å². The normalized spacial score (nSPS) is 11.8. The fraction of sp³-hybridized carbons (Fsp3) is 0.273. The molecule has 0 aliphatic rings. The van der Waals surface area contributed by atoms with Crippen LogP contribution in [0.2, 0.25) is 0 Å². The maximum atomic E-state index is 13.4. The van der Waals surface area contributed by atoms with Crippen LogP contribution in [0.1, 0.15) is 25.5 Å². The Morgan fingerprint density at radius 2 is 2.16 bits per heavy atom. The van der Waals surface area contributed by atoms with Crippen molar-refractivity contribution in [3.8, 4) is 0 Å². The zero-order valence-corrected chi connectivity index (χ0v) is 11.9. The summed E-state index contributed by atoms with van der Waals surface area (Å²) >= 11 is 1.15. The standard InChI is InChI=1S/C11H12FN3O2S2/c1-7(2)9-6-18-11(14-9)15-19(16,17)10-8(12)4-3-5-13-10/h3-7H,1-2H3,(H,14,15). The van der Waals surface area contributed by atoms with E-state index in [0.717, 1.165) is 23.1 Å². The Labute approximate surface area is 114 Å². The maximum Gasteiger partial charge on any atom is 0.284 e. The van der Waals surface area contributed by atoms with E-state index in [1.807, 2.05) is 13.8 Å². The molecule has 5 nitrogen and oxygen atoms in total. The van der Waals surface area contributed by atoms with Crippen molar-refractivity contribution in [3.05, 3.63) is 35.2 Å². The number of nitrogens with one attached hydrogen (secondary N) is 1. The Morgan fingerprint density at radius 1 is 1.42 bits per heavy atom. The second-order valence-electron chi connectivity index (χ2n) is 4.13. The average Bonchev–Trinajstić information content (AvgIpc) is 2.77. The van der Waals surface area contributed by atoms with Crippen LogP contribution in [0.5, 0.6) is 0 Å². The second-order valence-corrected chi connectivity index (χ2v) is 6.58. The lowest BCUT2D eigenvalue weighted by molar-refractivity contribution is 0.557. The Kier molecular flexibility index (Phi) is 3.81. The molecule has 2 aromatic heterocycles. The zero-order chi connectivity index (χ0) is 14.0. The van der Waals surface area contributed by atoms with Crippen molar-refractivity contribution in [2.75, 3.05) is 4.72 Å². The third kappa shape index (κ3) is 3.07. The molecule has 0 saturated carbocycles. The highest BCUT2D eigenvalue weighted by Crippen LogP contribution is 2.24. The van der Waals surface area contributed by atoms with Crippen molar-refractivity contribution in [3.63, 3.8) is 0 Å². The number of hydrogen-bond donors (Lipinski definition) is 1. The third-order valence-corrected chi connectivity index (χ3v) is 4.49. The lowest BCUT2D eigenvalue weighted by Crippen LogP contribution is -2.16.